The van der Waals surface area contributed by atoms with E-state index in [2.05, 4.69) is 41.5 Å². The number of hydrogen-bond donors (Lipinski definition) is 1. The first-order chi connectivity index (χ1) is 14.0. The first-order valence-corrected chi connectivity index (χ1v) is 10.0. The Morgan fingerprint density at radius 3 is 2.28 bits per heavy atom. The van der Waals surface area contributed by atoms with Gasteiger partial charge in [-0.25, -0.2) is 4.98 Å². The molecule has 3 rings (SSSR count). The standard InChI is InChI=1S/C22H24N2O4S/c1-14-5-7-15(8-6-14)22-24-17(13-29-22)9-10-23-21(25)16-11-18(26-2)20(28-4)19(12-16)27-3/h5-8,11-13H,9-10H2,1-4H3,(H,23,25). The Balaban J connectivity index is 1.62. The second-order valence-corrected chi connectivity index (χ2v) is 7.29. The van der Waals surface area contributed by atoms with Crippen molar-refractivity contribution in [3.05, 3.63) is 58.6 Å². The predicted octanol–water partition coefficient (Wildman–Crippen LogP) is 4.12. The summed E-state index contributed by atoms with van der Waals surface area (Å²) in [5.41, 5.74) is 3.72. The van der Waals surface area contributed by atoms with Crippen molar-refractivity contribution in [3.63, 3.8) is 0 Å². The van der Waals surface area contributed by atoms with Crippen molar-refractivity contribution >= 4 is 17.2 Å². The lowest BCUT2D eigenvalue weighted by molar-refractivity contribution is 0.0953. The number of aryl methyl sites for hydroxylation is 1. The Bertz CT molecular complexity index is 958. The molecule has 0 aliphatic rings. The van der Waals surface area contributed by atoms with Crippen LogP contribution in [-0.2, 0) is 6.42 Å². The molecule has 0 atom stereocenters. The van der Waals surface area contributed by atoms with E-state index in [0.717, 1.165) is 16.3 Å². The number of amides is 1. The minimum Gasteiger partial charge on any atom is -0.493 e. The predicted molar refractivity (Wildman–Crippen MR) is 114 cm³/mol. The molecule has 1 amide bonds. The highest BCUT2D eigenvalue weighted by molar-refractivity contribution is 7.13. The van der Waals surface area contributed by atoms with Crippen molar-refractivity contribution < 1.29 is 19.0 Å². The van der Waals surface area contributed by atoms with Crippen LogP contribution in [0.4, 0.5) is 0 Å². The molecule has 0 saturated carbocycles. The third kappa shape index (κ3) is 4.86. The Morgan fingerprint density at radius 2 is 1.69 bits per heavy atom. The number of hydrogen-bond acceptors (Lipinski definition) is 6. The number of benzene rings is 2. The fraction of sp³-hybridized carbons (Fsp3) is 0.273. The summed E-state index contributed by atoms with van der Waals surface area (Å²) in [5.74, 6) is 1.13. The Morgan fingerprint density at radius 1 is 1.03 bits per heavy atom. The van der Waals surface area contributed by atoms with Crippen LogP contribution in [0.25, 0.3) is 10.6 Å². The maximum absolute atomic E-state index is 12.5. The van der Waals surface area contributed by atoms with Crippen molar-refractivity contribution in [3.8, 4) is 27.8 Å². The number of aromatic nitrogens is 1. The zero-order valence-electron chi connectivity index (χ0n) is 16.9. The topological polar surface area (TPSA) is 69.7 Å². The molecule has 0 fully saturated rings. The van der Waals surface area contributed by atoms with Crippen molar-refractivity contribution in [2.75, 3.05) is 27.9 Å². The Labute approximate surface area is 174 Å². The molecule has 0 aliphatic heterocycles. The van der Waals surface area contributed by atoms with Crippen LogP contribution in [0.15, 0.2) is 41.8 Å². The van der Waals surface area contributed by atoms with Gasteiger partial charge in [-0.05, 0) is 19.1 Å². The SMILES string of the molecule is COc1cc(C(=O)NCCc2csc(-c3ccc(C)cc3)n2)cc(OC)c1OC. The highest BCUT2D eigenvalue weighted by Gasteiger charge is 2.17. The monoisotopic (exact) mass is 412 g/mol. The molecule has 1 aromatic heterocycles. The maximum Gasteiger partial charge on any atom is 0.251 e. The van der Waals surface area contributed by atoms with E-state index in [1.807, 2.05) is 5.38 Å². The van der Waals surface area contributed by atoms with E-state index in [9.17, 15) is 4.79 Å². The number of ether oxygens (including phenoxy) is 3. The largest absolute Gasteiger partial charge is 0.493 e. The normalized spacial score (nSPS) is 10.5. The molecule has 7 heteroatoms. The second-order valence-electron chi connectivity index (χ2n) is 6.43. The fourth-order valence-electron chi connectivity index (χ4n) is 2.87. The summed E-state index contributed by atoms with van der Waals surface area (Å²) < 4.78 is 15.9. The van der Waals surface area contributed by atoms with Crippen LogP contribution in [0.1, 0.15) is 21.6 Å². The van der Waals surface area contributed by atoms with Crippen molar-refractivity contribution in [1.82, 2.24) is 10.3 Å². The van der Waals surface area contributed by atoms with Crippen molar-refractivity contribution in [1.29, 1.82) is 0 Å². The number of carbonyl (C=O) groups excluding carboxylic acids is 1. The van der Waals surface area contributed by atoms with Gasteiger partial charge in [0.15, 0.2) is 11.5 Å². The molecule has 0 bridgehead atoms. The number of nitrogens with one attached hydrogen (secondary N) is 1. The lowest BCUT2D eigenvalue weighted by Gasteiger charge is -2.14. The maximum atomic E-state index is 12.5. The number of methoxy groups -OCH3 is 3. The van der Waals surface area contributed by atoms with E-state index in [0.29, 0.717) is 35.8 Å². The first kappa shape index (κ1) is 20.7. The van der Waals surface area contributed by atoms with Gasteiger partial charge >= 0.3 is 0 Å². The van der Waals surface area contributed by atoms with Crippen LogP contribution in [-0.4, -0.2) is 38.8 Å². The highest BCUT2D eigenvalue weighted by Crippen LogP contribution is 2.38. The lowest BCUT2D eigenvalue weighted by atomic mass is 10.1. The van der Waals surface area contributed by atoms with Gasteiger partial charge in [0.2, 0.25) is 5.75 Å². The van der Waals surface area contributed by atoms with Gasteiger partial charge in [-0.3, -0.25) is 4.79 Å². The summed E-state index contributed by atoms with van der Waals surface area (Å²) in [6.07, 6.45) is 0.651. The van der Waals surface area contributed by atoms with Gasteiger partial charge in [0, 0.05) is 29.5 Å². The molecule has 3 aromatic rings. The van der Waals surface area contributed by atoms with Gasteiger partial charge in [0.25, 0.3) is 5.91 Å². The number of nitrogens with zero attached hydrogens (tertiary/aromatic N) is 1. The third-order valence-corrected chi connectivity index (χ3v) is 5.38. The molecule has 0 radical (unpaired) electrons. The summed E-state index contributed by atoms with van der Waals surface area (Å²) in [6.45, 7) is 2.54. The number of rotatable bonds is 8. The Kier molecular flexibility index (Phi) is 6.72. The van der Waals surface area contributed by atoms with Crippen LogP contribution in [0, 0.1) is 6.92 Å². The number of carbonyl (C=O) groups is 1. The van der Waals surface area contributed by atoms with Crippen LogP contribution >= 0.6 is 11.3 Å². The van der Waals surface area contributed by atoms with Crippen molar-refractivity contribution in [2.45, 2.75) is 13.3 Å². The van der Waals surface area contributed by atoms with Crippen LogP contribution in [0.2, 0.25) is 0 Å². The minimum atomic E-state index is -0.210. The molecule has 6 nitrogen and oxygen atoms in total. The van der Waals surface area contributed by atoms with Gasteiger partial charge in [0.1, 0.15) is 5.01 Å². The van der Waals surface area contributed by atoms with Crippen molar-refractivity contribution in [2.24, 2.45) is 0 Å². The average Bonchev–Trinajstić information content (AvgIpc) is 3.21. The molecule has 0 unspecified atom stereocenters. The van der Waals surface area contributed by atoms with Crippen LogP contribution < -0.4 is 19.5 Å². The first-order valence-electron chi connectivity index (χ1n) is 9.15. The average molecular weight is 413 g/mol. The van der Waals surface area contributed by atoms with E-state index < -0.39 is 0 Å². The minimum absolute atomic E-state index is 0.210. The van der Waals surface area contributed by atoms with Crippen LogP contribution in [0.3, 0.4) is 0 Å². The summed E-state index contributed by atoms with van der Waals surface area (Å²) in [6, 6.07) is 11.6. The Hall–Kier alpha value is -3.06. The lowest BCUT2D eigenvalue weighted by Crippen LogP contribution is -2.25. The smallest absolute Gasteiger partial charge is 0.251 e. The van der Waals surface area contributed by atoms with Gasteiger partial charge in [-0.15, -0.1) is 11.3 Å². The van der Waals surface area contributed by atoms with E-state index in [1.165, 1.54) is 26.9 Å². The highest BCUT2D eigenvalue weighted by atomic mass is 32.1. The zero-order valence-corrected chi connectivity index (χ0v) is 17.8. The molecule has 1 heterocycles. The molecular formula is C22H24N2O4S. The molecule has 152 valence electrons. The third-order valence-electron chi connectivity index (χ3n) is 4.44. The summed E-state index contributed by atoms with van der Waals surface area (Å²) in [4.78, 5) is 17.2. The summed E-state index contributed by atoms with van der Waals surface area (Å²) in [5, 5.41) is 5.93. The molecule has 29 heavy (non-hydrogen) atoms. The summed E-state index contributed by atoms with van der Waals surface area (Å²) >= 11 is 1.61. The van der Waals surface area contributed by atoms with Crippen LogP contribution in [0.5, 0.6) is 17.2 Å². The van der Waals surface area contributed by atoms with E-state index in [4.69, 9.17) is 14.2 Å². The van der Waals surface area contributed by atoms with Gasteiger partial charge in [-0.1, -0.05) is 29.8 Å². The van der Waals surface area contributed by atoms with Gasteiger partial charge < -0.3 is 19.5 Å². The molecule has 0 spiro atoms. The zero-order chi connectivity index (χ0) is 20.8. The van der Waals surface area contributed by atoms with E-state index >= 15 is 0 Å². The molecular weight excluding hydrogens is 388 g/mol. The molecule has 0 aliphatic carbocycles. The second kappa shape index (κ2) is 9.43. The van der Waals surface area contributed by atoms with Gasteiger partial charge in [-0.2, -0.15) is 0 Å². The van der Waals surface area contributed by atoms with E-state index in [-0.39, 0.29) is 5.91 Å². The fourth-order valence-corrected chi connectivity index (χ4v) is 3.73. The molecule has 0 saturated heterocycles. The molecule has 1 N–H and O–H groups in total. The van der Waals surface area contributed by atoms with Gasteiger partial charge in [0.05, 0.1) is 27.0 Å². The quantitative estimate of drug-likeness (QED) is 0.603. The molecule has 2 aromatic carbocycles. The van der Waals surface area contributed by atoms with E-state index in [1.54, 1.807) is 23.5 Å². The summed E-state index contributed by atoms with van der Waals surface area (Å²) in [7, 11) is 4.57. The number of thiazole rings is 1.